The lowest BCUT2D eigenvalue weighted by atomic mass is 9.62. The maximum absolute atomic E-state index is 11.8. The third kappa shape index (κ3) is 4.45. The van der Waals surface area contributed by atoms with E-state index in [-0.39, 0.29) is 0 Å². The molecule has 4 rings (SSSR count). The molecule has 1 aromatic rings. The number of rotatable bonds is 5. The van der Waals surface area contributed by atoms with Gasteiger partial charge < -0.3 is 4.90 Å². The fourth-order valence-electron chi connectivity index (χ4n) is 5.97. The summed E-state index contributed by atoms with van der Waals surface area (Å²) >= 11 is 0. The molecule has 2 aliphatic carbocycles. The molecular weight excluding hydrogens is 344 g/mol. The van der Waals surface area contributed by atoms with Crippen LogP contribution >= 0.6 is 0 Å². The van der Waals surface area contributed by atoms with Crippen molar-refractivity contribution in [2.45, 2.75) is 77.0 Å². The normalized spacial score (nSPS) is 23.8. The van der Waals surface area contributed by atoms with Crippen LogP contribution in [0, 0.1) is 5.41 Å². The van der Waals surface area contributed by atoms with E-state index in [1.807, 2.05) is 6.92 Å². The number of carbonyl (C=O) groups is 1. The largest absolute Gasteiger partial charge is 0.369 e. The molecule has 0 unspecified atom stereocenters. The summed E-state index contributed by atoms with van der Waals surface area (Å²) < 4.78 is 0. The summed E-state index contributed by atoms with van der Waals surface area (Å²) in [5, 5.41) is 0. The van der Waals surface area contributed by atoms with Crippen LogP contribution in [0.15, 0.2) is 24.3 Å². The SMILES string of the molecule is CCC(=O)CN1CCN(c2ccccc2C2CCC3(CCCCC3)CC2)CC1. The van der Waals surface area contributed by atoms with E-state index in [4.69, 9.17) is 0 Å². The monoisotopic (exact) mass is 382 g/mol. The van der Waals surface area contributed by atoms with E-state index in [0.29, 0.717) is 24.2 Å². The molecule has 0 aromatic heterocycles. The lowest BCUT2D eigenvalue weighted by Gasteiger charge is -2.44. The minimum Gasteiger partial charge on any atom is -0.369 e. The van der Waals surface area contributed by atoms with Crippen LogP contribution in [-0.4, -0.2) is 43.4 Å². The molecule has 2 saturated carbocycles. The van der Waals surface area contributed by atoms with Crippen molar-refractivity contribution in [3.8, 4) is 0 Å². The van der Waals surface area contributed by atoms with Crippen molar-refractivity contribution in [1.82, 2.24) is 4.90 Å². The predicted molar refractivity (Wildman–Crippen MR) is 117 cm³/mol. The molecule has 1 spiro atoms. The maximum Gasteiger partial charge on any atom is 0.146 e. The first-order valence-corrected chi connectivity index (χ1v) is 11.8. The van der Waals surface area contributed by atoms with Gasteiger partial charge in [0.25, 0.3) is 0 Å². The molecule has 0 amide bonds. The Morgan fingerprint density at radius 2 is 1.64 bits per heavy atom. The summed E-state index contributed by atoms with van der Waals surface area (Å²) in [5.74, 6) is 1.11. The van der Waals surface area contributed by atoms with Crippen molar-refractivity contribution in [2.24, 2.45) is 5.41 Å². The maximum atomic E-state index is 11.8. The predicted octanol–water partition coefficient (Wildman–Crippen LogP) is 5.40. The van der Waals surface area contributed by atoms with Crippen LogP contribution in [0.2, 0.25) is 0 Å². The Morgan fingerprint density at radius 3 is 2.32 bits per heavy atom. The van der Waals surface area contributed by atoms with Crippen molar-refractivity contribution in [2.75, 3.05) is 37.6 Å². The number of hydrogen-bond acceptors (Lipinski definition) is 3. The standard InChI is InChI=1S/C25H38N2O/c1-2-22(28)20-26-16-18-27(19-17-26)24-9-5-4-8-23(24)21-10-14-25(15-11-21)12-6-3-7-13-25/h4-5,8-9,21H,2-3,6-7,10-20H2,1H3. The second-order valence-corrected chi connectivity index (χ2v) is 9.55. The summed E-state index contributed by atoms with van der Waals surface area (Å²) in [6.07, 6.45) is 13.7. The highest BCUT2D eigenvalue weighted by atomic mass is 16.1. The highest BCUT2D eigenvalue weighted by Gasteiger charge is 2.37. The first kappa shape index (κ1) is 19.9. The Kier molecular flexibility index (Phi) is 6.40. The van der Waals surface area contributed by atoms with E-state index in [1.165, 1.54) is 63.5 Å². The number of benzene rings is 1. The minimum absolute atomic E-state index is 0.368. The number of para-hydroxylation sites is 1. The van der Waals surface area contributed by atoms with Gasteiger partial charge in [0.15, 0.2) is 0 Å². The summed E-state index contributed by atoms with van der Waals surface area (Å²) in [4.78, 5) is 16.7. The van der Waals surface area contributed by atoms with Gasteiger partial charge in [-0.3, -0.25) is 9.69 Å². The molecule has 3 heteroatoms. The summed E-state index contributed by atoms with van der Waals surface area (Å²) in [6, 6.07) is 9.18. The lowest BCUT2D eigenvalue weighted by molar-refractivity contribution is -0.119. The fourth-order valence-corrected chi connectivity index (χ4v) is 5.97. The average Bonchev–Trinajstić information content (AvgIpc) is 2.75. The van der Waals surface area contributed by atoms with Crippen molar-refractivity contribution >= 4 is 11.5 Å². The number of piperazine rings is 1. The van der Waals surface area contributed by atoms with Crippen LogP contribution in [0.4, 0.5) is 5.69 Å². The first-order valence-electron chi connectivity index (χ1n) is 11.8. The molecule has 1 heterocycles. The van der Waals surface area contributed by atoms with Gasteiger partial charge in [-0.15, -0.1) is 0 Å². The third-order valence-corrected chi connectivity index (χ3v) is 7.84. The van der Waals surface area contributed by atoms with Gasteiger partial charge in [0.05, 0.1) is 6.54 Å². The first-order chi connectivity index (χ1) is 13.7. The van der Waals surface area contributed by atoms with Gasteiger partial charge in [0.1, 0.15) is 5.78 Å². The van der Waals surface area contributed by atoms with Crippen molar-refractivity contribution in [1.29, 1.82) is 0 Å². The molecule has 3 nitrogen and oxygen atoms in total. The summed E-state index contributed by atoms with van der Waals surface area (Å²) in [7, 11) is 0. The molecule has 1 saturated heterocycles. The van der Waals surface area contributed by atoms with Crippen LogP contribution in [0.25, 0.3) is 0 Å². The van der Waals surface area contributed by atoms with Crippen molar-refractivity contribution in [3.63, 3.8) is 0 Å². The van der Waals surface area contributed by atoms with Crippen LogP contribution in [0.3, 0.4) is 0 Å². The number of hydrogen-bond donors (Lipinski definition) is 0. The summed E-state index contributed by atoms with van der Waals surface area (Å²) in [5.41, 5.74) is 3.75. The number of anilines is 1. The third-order valence-electron chi connectivity index (χ3n) is 7.84. The van der Waals surface area contributed by atoms with E-state index in [2.05, 4.69) is 34.1 Å². The molecule has 0 N–H and O–H groups in total. The van der Waals surface area contributed by atoms with E-state index in [1.54, 1.807) is 5.56 Å². The van der Waals surface area contributed by atoms with Crippen LogP contribution in [0.5, 0.6) is 0 Å². The van der Waals surface area contributed by atoms with Gasteiger partial charge in [-0.25, -0.2) is 0 Å². The molecule has 28 heavy (non-hydrogen) atoms. The zero-order chi connectivity index (χ0) is 19.4. The lowest BCUT2D eigenvalue weighted by Crippen LogP contribution is -2.48. The Morgan fingerprint density at radius 1 is 0.964 bits per heavy atom. The van der Waals surface area contributed by atoms with Crippen molar-refractivity contribution < 1.29 is 4.79 Å². The molecular formula is C25H38N2O. The van der Waals surface area contributed by atoms with Gasteiger partial charge in [-0.05, 0) is 61.5 Å². The molecule has 154 valence electrons. The second-order valence-electron chi connectivity index (χ2n) is 9.55. The Balaban J connectivity index is 1.39. The average molecular weight is 383 g/mol. The highest BCUT2D eigenvalue weighted by molar-refractivity contribution is 5.80. The molecule has 3 fully saturated rings. The number of Topliss-reactive ketones (excluding diaryl/α,β-unsaturated/α-hetero) is 1. The molecule has 1 aliphatic heterocycles. The van der Waals surface area contributed by atoms with Gasteiger partial charge >= 0.3 is 0 Å². The number of ketones is 1. The number of nitrogens with zero attached hydrogens (tertiary/aromatic N) is 2. The second kappa shape index (κ2) is 8.98. The Hall–Kier alpha value is -1.35. The molecule has 0 radical (unpaired) electrons. The van der Waals surface area contributed by atoms with Crippen molar-refractivity contribution in [3.05, 3.63) is 29.8 Å². The molecule has 0 bridgehead atoms. The van der Waals surface area contributed by atoms with Gasteiger partial charge in [0, 0.05) is 38.3 Å². The summed E-state index contributed by atoms with van der Waals surface area (Å²) in [6.45, 7) is 6.71. The van der Waals surface area contributed by atoms with Crippen LogP contribution in [0.1, 0.15) is 82.6 Å². The van der Waals surface area contributed by atoms with Gasteiger partial charge in [0.2, 0.25) is 0 Å². The Labute approximate surface area is 171 Å². The van der Waals surface area contributed by atoms with Gasteiger partial charge in [-0.1, -0.05) is 44.4 Å². The zero-order valence-corrected chi connectivity index (χ0v) is 17.8. The smallest absolute Gasteiger partial charge is 0.146 e. The van der Waals surface area contributed by atoms with E-state index in [9.17, 15) is 4.79 Å². The van der Waals surface area contributed by atoms with E-state index in [0.717, 1.165) is 32.1 Å². The van der Waals surface area contributed by atoms with E-state index < -0.39 is 0 Å². The molecule has 3 aliphatic rings. The van der Waals surface area contributed by atoms with Gasteiger partial charge in [-0.2, -0.15) is 0 Å². The quantitative estimate of drug-likeness (QED) is 0.681. The van der Waals surface area contributed by atoms with E-state index >= 15 is 0 Å². The topological polar surface area (TPSA) is 23.6 Å². The fraction of sp³-hybridized carbons (Fsp3) is 0.720. The highest BCUT2D eigenvalue weighted by Crippen LogP contribution is 2.51. The van der Waals surface area contributed by atoms with Crippen LogP contribution in [-0.2, 0) is 4.79 Å². The number of carbonyl (C=O) groups excluding carboxylic acids is 1. The molecule has 1 aromatic carbocycles. The Bertz CT molecular complexity index is 646. The molecule has 0 atom stereocenters. The zero-order valence-electron chi connectivity index (χ0n) is 17.8. The minimum atomic E-state index is 0.368. The van der Waals surface area contributed by atoms with Crippen LogP contribution < -0.4 is 4.90 Å².